The van der Waals surface area contributed by atoms with Crippen LogP contribution in [0.3, 0.4) is 0 Å². The molecule has 0 saturated carbocycles. The lowest BCUT2D eigenvalue weighted by Gasteiger charge is -2.09. The third-order valence-corrected chi connectivity index (χ3v) is 5.76. The summed E-state index contributed by atoms with van der Waals surface area (Å²) in [6, 6.07) is 14.1. The van der Waals surface area contributed by atoms with E-state index in [9.17, 15) is 22.0 Å². The minimum Gasteiger partial charge on any atom is -0.319 e. The molecule has 1 aromatic heterocycles. The number of nitrogens with zero attached hydrogens (tertiary/aromatic N) is 1. The van der Waals surface area contributed by atoms with E-state index >= 15 is 0 Å². The maximum atomic E-state index is 13.0. The minimum absolute atomic E-state index is 0.0259. The Balaban J connectivity index is 1.85. The fourth-order valence-electron chi connectivity index (χ4n) is 2.66. The Kier molecular flexibility index (Phi) is 5.55. The number of halogens is 2. The van der Waals surface area contributed by atoms with Crippen molar-refractivity contribution in [3.8, 4) is 0 Å². The van der Waals surface area contributed by atoms with Gasteiger partial charge in [-0.25, -0.2) is 17.2 Å². The molecular formula is C19H17F2N3O3S. The monoisotopic (exact) mass is 405 g/mol. The van der Waals surface area contributed by atoms with Crippen molar-refractivity contribution >= 4 is 21.4 Å². The van der Waals surface area contributed by atoms with E-state index in [1.807, 2.05) is 0 Å². The van der Waals surface area contributed by atoms with E-state index in [4.69, 9.17) is 0 Å². The average molecular weight is 405 g/mol. The SMILES string of the molecule is Cc1[nH]nc(C(F)F)c1NC(=O)c1cccc(S(=O)(=O)Cc2ccccc2)c1. The predicted octanol–water partition coefficient (Wildman–Crippen LogP) is 3.88. The minimum atomic E-state index is -3.68. The molecule has 6 nitrogen and oxygen atoms in total. The third kappa shape index (κ3) is 4.25. The third-order valence-electron chi connectivity index (χ3n) is 4.08. The van der Waals surface area contributed by atoms with Gasteiger partial charge in [-0.3, -0.25) is 9.89 Å². The van der Waals surface area contributed by atoms with Crippen LogP contribution in [0.4, 0.5) is 14.5 Å². The molecule has 0 unspecified atom stereocenters. The largest absolute Gasteiger partial charge is 0.319 e. The number of carbonyl (C=O) groups is 1. The number of H-pyrrole nitrogens is 1. The molecule has 1 heterocycles. The van der Waals surface area contributed by atoms with Gasteiger partial charge in [0.2, 0.25) is 0 Å². The smallest absolute Gasteiger partial charge is 0.284 e. The molecule has 28 heavy (non-hydrogen) atoms. The number of hydrogen-bond acceptors (Lipinski definition) is 4. The van der Waals surface area contributed by atoms with E-state index in [2.05, 4.69) is 15.5 Å². The van der Waals surface area contributed by atoms with Crippen LogP contribution in [0.1, 0.15) is 33.7 Å². The Morgan fingerprint density at radius 1 is 1.14 bits per heavy atom. The van der Waals surface area contributed by atoms with Crippen LogP contribution in [0.25, 0.3) is 0 Å². The summed E-state index contributed by atoms with van der Waals surface area (Å²) in [4.78, 5) is 12.5. The number of rotatable bonds is 6. The second-order valence-corrected chi connectivity index (χ2v) is 8.13. The maximum absolute atomic E-state index is 13.0. The lowest BCUT2D eigenvalue weighted by Crippen LogP contribution is -2.14. The second-order valence-electron chi connectivity index (χ2n) is 6.14. The van der Waals surface area contributed by atoms with Crippen LogP contribution in [0.5, 0.6) is 0 Å². The summed E-state index contributed by atoms with van der Waals surface area (Å²) in [6.45, 7) is 1.50. The predicted molar refractivity (Wildman–Crippen MR) is 100 cm³/mol. The lowest BCUT2D eigenvalue weighted by atomic mass is 10.2. The van der Waals surface area contributed by atoms with Gasteiger partial charge in [-0.05, 0) is 30.7 Å². The number of aromatic nitrogens is 2. The Bertz CT molecular complexity index is 1100. The van der Waals surface area contributed by atoms with Crippen molar-refractivity contribution in [2.75, 3.05) is 5.32 Å². The molecule has 0 saturated heterocycles. The summed E-state index contributed by atoms with van der Waals surface area (Å²) in [5.41, 5.74) is 0.246. The van der Waals surface area contributed by atoms with E-state index in [1.165, 1.54) is 31.2 Å². The first-order chi connectivity index (χ1) is 13.3. The van der Waals surface area contributed by atoms with Crippen LogP contribution in [0.15, 0.2) is 59.5 Å². The number of amides is 1. The summed E-state index contributed by atoms with van der Waals surface area (Å²) in [7, 11) is -3.68. The van der Waals surface area contributed by atoms with E-state index < -0.39 is 27.9 Å². The van der Waals surface area contributed by atoms with Gasteiger partial charge < -0.3 is 5.32 Å². The van der Waals surface area contributed by atoms with Gasteiger partial charge in [0.1, 0.15) is 0 Å². The molecule has 2 aromatic carbocycles. The number of hydrogen-bond donors (Lipinski definition) is 2. The highest BCUT2D eigenvalue weighted by Crippen LogP contribution is 2.28. The maximum Gasteiger partial charge on any atom is 0.284 e. The summed E-state index contributed by atoms with van der Waals surface area (Å²) in [6.07, 6.45) is -2.86. The topological polar surface area (TPSA) is 91.9 Å². The number of aryl methyl sites for hydroxylation is 1. The highest BCUT2D eigenvalue weighted by Gasteiger charge is 2.22. The van der Waals surface area contributed by atoms with Crippen LogP contribution in [0.2, 0.25) is 0 Å². The van der Waals surface area contributed by atoms with Gasteiger partial charge >= 0.3 is 0 Å². The first-order valence-electron chi connectivity index (χ1n) is 8.29. The summed E-state index contributed by atoms with van der Waals surface area (Å²) in [5.74, 6) is -0.918. The Hall–Kier alpha value is -3.07. The Morgan fingerprint density at radius 2 is 1.86 bits per heavy atom. The number of benzene rings is 2. The highest BCUT2D eigenvalue weighted by atomic mass is 32.2. The zero-order chi connectivity index (χ0) is 20.3. The fraction of sp³-hybridized carbons (Fsp3) is 0.158. The number of sulfone groups is 1. The molecule has 0 spiro atoms. The van der Waals surface area contributed by atoms with Crippen LogP contribution in [-0.2, 0) is 15.6 Å². The van der Waals surface area contributed by atoms with Crippen molar-refractivity contribution in [2.45, 2.75) is 24.0 Å². The summed E-state index contributed by atoms with van der Waals surface area (Å²) < 4.78 is 51.3. The van der Waals surface area contributed by atoms with Crippen LogP contribution in [-0.4, -0.2) is 24.5 Å². The fourth-order valence-corrected chi connectivity index (χ4v) is 4.05. The molecule has 9 heteroatoms. The molecule has 3 aromatic rings. The highest BCUT2D eigenvalue weighted by molar-refractivity contribution is 7.90. The first kappa shape index (κ1) is 19.7. The molecule has 0 aliphatic carbocycles. The second kappa shape index (κ2) is 7.89. The van der Waals surface area contributed by atoms with Crippen LogP contribution >= 0.6 is 0 Å². The summed E-state index contributed by atoms with van der Waals surface area (Å²) in [5, 5.41) is 8.26. The molecule has 3 rings (SSSR count). The zero-order valence-corrected chi connectivity index (χ0v) is 15.6. The molecule has 146 valence electrons. The molecule has 0 aliphatic heterocycles. The van der Waals surface area contributed by atoms with Crippen LogP contribution < -0.4 is 5.32 Å². The molecule has 0 fully saturated rings. The quantitative estimate of drug-likeness (QED) is 0.651. The van der Waals surface area contributed by atoms with Gasteiger partial charge in [-0.1, -0.05) is 36.4 Å². The molecular weight excluding hydrogens is 388 g/mol. The molecule has 2 N–H and O–H groups in total. The Labute approximate surface area is 160 Å². The van der Waals surface area contributed by atoms with Gasteiger partial charge in [0, 0.05) is 5.56 Å². The summed E-state index contributed by atoms with van der Waals surface area (Å²) >= 11 is 0. The van der Waals surface area contributed by atoms with Gasteiger partial charge in [0.25, 0.3) is 12.3 Å². The normalized spacial score (nSPS) is 11.6. The molecule has 0 atom stereocenters. The number of carbonyl (C=O) groups excluding carboxylic acids is 1. The van der Waals surface area contributed by atoms with E-state index in [0.717, 1.165) is 0 Å². The van der Waals surface area contributed by atoms with Crippen LogP contribution in [0, 0.1) is 6.92 Å². The molecule has 1 amide bonds. The first-order valence-corrected chi connectivity index (χ1v) is 9.94. The molecule has 0 bridgehead atoms. The molecule has 0 radical (unpaired) electrons. The van der Waals surface area contributed by atoms with Crippen molar-refractivity contribution in [3.05, 3.63) is 77.1 Å². The van der Waals surface area contributed by atoms with Gasteiger partial charge in [0.05, 0.1) is 22.0 Å². The molecule has 0 aliphatic rings. The number of nitrogens with one attached hydrogen (secondary N) is 2. The van der Waals surface area contributed by atoms with Gasteiger partial charge in [-0.15, -0.1) is 0 Å². The number of anilines is 1. The van der Waals surface area contributed by atoms with E-state index in [-0.39, 0.29) is 27.6 Å². The van der Waals surface area contributed by atoms with Crippen molar-refractivity contribution < 1.29 is 22.0 Å². The number of aromatic amines is 1. The average Bonchev–Trinajstić information content (AvgIpc) is 3.03. The van der Waals surface area contributed by atoms with Crippen molar-refractivity contribution in [1.82, 2.24) is 10.2 Å². The lowest BCUT2D eigenvalue weighted by molar-refractivity contribution is 0.102. The van der Waals surface area contributed by atoms with Crippen molar-refractivity contribution in [3.63, 3.8) is 0 Å². The van der Waals surface area contributed by atoms with Gasteiger partial charge in [-0.2, -0.15) is 5.10 Å². The van der Waals surface area contributed by atoms with E-state index in [0.29, 0.717) is 5.56 Å². The van der Waals surface area contributed by atoms with Crippen molar-refractivity contribution in [1.29, 1.82) is 0 Å². The Morgan fingerprint density at radius 3 is 2.54 bits per heavy atom. The zero-order valence-electron chi connectivity index (χ0n) is 14.8. The number of alkyl halides is 2. The van der Waals surface area contributed by atoms with Gasteiger partial charge in [0.15, 0.2) is 15.5 Å². The standard InChI is InChI=1S/C19H17F2N3O3S/c1-12-16(17(18(20)21)24-23-12)22-19(25)14-8-5-9-15(10-14)28(26,27)11-13-6-3-2-4-7-13/h2-10,18H,11H2,1H3,(H,22,25)(H,23,24). The van der Waals surface area contributed by atoms with Crippen molar-refractivity contribution in [2.24, 2.45) is 0 Å². The van der Waals surface area contributed by atoms with E-state index in [1.54, 1.807) is 30.3 Å².